The number of amides is 1. The summed E-state index contributed by atoms with van der Waals surface area (Å²) >= 11 is 3.32. The molecule has 2 aromatic carbocycles. The molecule has 104 valence electrons. The molecule has 0 heterocycles. The van der Waals surface area contributed by atoms with Gasteiger partial charge in [0.25, 0.3) is 5.91 Å². The fraction of sp³-hybridized carbons (Fsp3) is 0.133. The minimum absolute atomic E-state index is 0.0530. The van der Waals surface area contributed by atoms with E-state index in [1.807, 2.05) is 12.1 Å². The molecular weight excluding hydrogens is 328 g/mol. The molecule has 2 rings (SSSR count). The molecule has 20 heavy (non-hydrogen) atoms. The van der Waals surface area contributed by atoms with Gasteiger partial charge in [0.05, 0.1) is 0 Å². The number of carbonyl (C=O) groups excluding carboxylic acids is 1. The Morgan fingerprint density at radius 1 is 1.10 bits per heavy atom. The van der Waals surface area contributed by atoms with Crippen molar-refractivity contribution in [2.75, 3.05) is 0 Å². The van der Waals surface area contributed by atoms with E-state index >= 15 is 0 Å². The van der Waals surface area contributed by atoms with Crippen LogP contribution in [0.1, 0.15) is 21.5 Å². The van der Waals surface area contributed by atoms with Gasteiger partial charge in [-0.15, -0.1) is 0 Å². The zero-order chi connectivity index (χ0) is 14.5. The third kappa shape index (κ3) is 3.63. The van der Waals surface area contributed by atoms with Gasteiger partial charge in [0.2, 0.25) is 0 Å². The molecule has 0 saturated heterocycles. The van der Waals surface area contributed by atoms with Gasteiger partial charge in [0.1, 0.15) is 11.6 Å². The van der Waals surface area contributed by atoms with E-state index < -0.39 is 11.6 Å². The van der Waals surface area contributed by atoms with Crippen LogP contribution in [0.3, 0.4) is 0 Å². The van der Waals surface area contributed by atoms with Crippen LogP contribution in [-0.4, -0.2) is 5.91 Å². The Kier molecular flexibility index (Phi) is 4.84. The van der Waals surface area contributed by atoms with Gasteiger partial charge in [0.15, 0.2) is 0 Å². The molecule has 0 bridgehead atoms. The van der Waals surface area contributed by atoms with E-state index in [9.17, 15) is 13.6 Å². The number of carbonyl (C=O) groups is 1. The van der Waals surface area contributed by atoms with Crippen molar-refractivity contribution in [1.29, 1.82) is 0 Å². The van der Waals surface area contributed by atoms with Crippen molar-refractivity contribution in [2.24, 2.45) is 0 Å². The lowest BCUT2D eigenvalue weighted by Gasteiger charge is -2.07. The molecule has 0 aliphatic rings. The summed E-state index contributed by atoms with van der Waals surface area (Å²) in [5.74, 6) is -1.39. The van der Waals surface area contributed by atoms with Crippen LogP contribution in [0.25, 0.3) is 0 Å². The van der Waals surface area contributed by atoms with Gasteiger partial charge in [-0.25, -0.2) is 8.78 Å². The van der Waals surface area contributed by atoms with Gasteiger partial charge in [-0.1, -0.05) is 28.1 Å². The van der Waals surface area contributed by atoms with E-state index in [1.54, 1.807) is 12.1 Å². The third-order valence-electron chi connectivity index (χ3n) is 2.82. The predicted molar refractivity (Wildman–Crippen MR) is 76.6 cm³/mol. The van der Waals surface area contributed by atoms with Crippen molar-refractivity contribution in [3.63, 3.8) is 0 Å². The molecule has 0 aromatic heterocycles. The highest BCUT2D eigenvalue weighted by molar-refractivity contribution is 9.08. The minimum Gasteiger partial charge on any atom is -0.348 e. The molecule has 0 aliphatic heterocycles. The number of hydrogen-bond acceptors (Lipinski definition) is 1. The zero-order valence-electron chi connectivity index (χ0n) is 10.5. The number of benzene rings is 2. The van der Waals surface area contributed by atoms with Crippen LogP contribution in [0.4, 0.5) is 8.78 Å². The highest BCUT2D eigenvalue weighted by atomic mass is 79.9. The van der Waals surface area contributed by atoms with Crippen molar-refractivity contribution in [2.45, 2.75) is 11.9 Å². The Bertz CT molecular complexity index is 614. The van der Waals surface area contributed by atoms with Crippen LogP contribution < -0.4 is 5.32 Å². The van der Waals surface area contributed by atoms with Gasteiger partial charge < -0.3 is 5.32 Å². The first-order chi connectivity index (χ1) is 9.60. The van der Waals surface area contributed by atoms with Crippen LogP contribution in [0.5, 0.6) is 0 Å². The molecule has 1 N–H and O–H groups in total. The van der Waals surface area contributed by atoms with Gasteiger partial charge in [-0.2, -0.15) is 0 Å². The van der Waals surface area contributed by atoms with Crippen molar-refractivity contribution < 1.29 is 13.6 Å². The molecule has 0 aliphatic carbocycles. The van der Waals surface area contributed by atoms with E-state index in [1.165, 1.54) is 0 Å². The molecule has 0 atom stereocenters. The lowest BCUT2D eigenvalue weighted by molar-refractivity contribution is 0.0950. The lowest BCUT2D eigenvalue weighted by atomic mass is 10.1. The SMILES string of the molecule is O=C(NCc1cc(F)ccc1F)c1ccc(CBr)cc1. The summed E-state index contributed by atoms with van der Waals surface area (Å²) in [6, 6.07) is 10.2. The second kappa shape index (κ2) is 6.61. The quantitative estimate of drug-likeness (QED) is 0.843. The maximum atomic E-state index is 13.4. The smallest absolute Gasteiger partial charge is 0.251 e. The average molecular weight is 340 g/mol. The molecular formula is C15H12BrF2NO. The van der Waals surface area contributed by atoms with Crippen LogP contribution in [0.15, 0.2) is 42.5 Å². The molecule has 0 unspecified atom stereocenters. The second-order valence-corrected chi connectivity index (χ2v) is 4.81. The third-order valence-corrected chi connectivity index (χ3v) is 3.47. The van der Waals surface area contributed by atoms with Crippen molar-refractivity contribution in [3.05, 3.63) is 70.8 Å². The molecule has 2 nitrogen and oxygen atoms in total. The van der Waals surface area contributed by atoms with E-state index in [0.29, 0.717) is 10.9 Å². The average Bonchev–Trinajstić information content (AvgIpc) is 2.48. The summed E-state index contributed by atoms with van der Waals surface area (Å²) in [7, 11) is 0. The summed E-state index contributed by atoms with van der Waals surface area (Å²) in [6.07, 6.45) is 0. The predicted octanol–water partition coefficient (Wildman–Crippen LogP) is 3.79. The Morgan fingerprint density at radius 3 is 2.45 bits per heavy atom. The lowest BCUT2D eigenvalue weighted by Crippen LogP contribution is -2.23. The van der Waals surface area contributed by atoms with Crippen molar-refractivity contribution in [3.8, 4) is 0 Å². The summed E-state index contributed by atoms with van der Waals surface area (Å²) in [5.41, 5.74) is 1.65. The number of hydrogen-bond donors (Lipinski definition) is 1. The Morgan fingerprint density at radius 2 is 1.80 bits per heavy atom. The van der Waals surface area contributed by atoms with Crippen LogP contribution >= 0.6 is 15.9 Å². The van der Waals surface area contributed by atoms with E-state index in [4.69, 9.17) is 0 Å². The Labute approximate surface area is 123 Å². The monoisotopic (exact) mass is 339 g/mol. The summed E-state index contributed by atoms with van der Waals surface area (Å²) in [5, 5.41) is 3.28. The van der Waals surface area contributed by atoms with Crippen LogP contribution in [0.2, 0.25) is 0 Å². The molecule has 0 saturated carbocycles. The van der Waals surface area contributed by atoms with Crippen LogP contribution in [-0.2, 0) is 11.9 Å². The number of alkyl halides is 1. The topological polar surface area (TPSA) is 29.1 Å². The highest BCUT2D eigenvalue weighted by Gasteiger charge is 2.08. The maximum Gasteiger partial charge on any atom is 0.251 e. The van der Waals surface area contributed by atoms with Crippen molar-refractivity contribution >= 4 is 21.8 Å². The molecule has 0 spiro atoms. The minimum atomic E-state index is -0.540. The second-order valence-electron chi connectivity index (χ2n) is 4.25. The first-order valence-electron chi connectivity index (χ1n) is 5.97. The highest BCUT2D eigenvalue weighted by Crippen LogP contribution is 2.11. The largest absolute Gasteiger partial charge is 0.348 e. The Hall–Kier alpha value is -1.75. The molecule has 0 fully saturated rings. The standard InChI is InChI=1S/C15H12BrF2NO/c16-8-10-1-3-11(4-2-10)15(20)19-9-12-7-13(17)5-6-14(12)18/h1-7H,8-9H2,(H,19,20). The van der Waals surface area contributed by atoms with Gasteiger partial charge >= 0.3 is 0 Å². The molecule has 0 radical (unpaired) electrons. The Balaban J connectivity index is 2.02. The first kappa shape index (κ1) is 14.7. The van der Waals surface area contributed by atoms with E-state index in [2.05, 4.69) is 21.2 Å². The molecule has 2 aromatic rings. The summed E-state index contributed by atoms with van der Waals surface area (Å²) < 4.78 is 26.4. The summed E-state index contributed by atoms with van der Waals surface area (Å²) in [4.78, 5) is 11.9. The number of rotatable bonds is 4. The number of halogens is 3. The zero-order valence-corrected chi connectivity index (χ0v) is 12.1. The van der Waals surface area contributed by atoms with Crippen LogP contribution in [0, 0.1) is 11.6 Å². The molecule has 1 amide bonds. The first-order valence-corrected chi connectivity index (χ1v) is 7.09. The molecule has 5 heteroatoms. The normalized spacial score (nSPS) is 10.3. The van der Waals surface area contributed by atoms with E-state index in [0.717, 1.165) is 23.8 Å². The van der Waals surface area contributed by atoms with E-state index in [-0.39, 0.29) is 18.0 Å². The van der Waals surface area contributed by atoms with Gasteiger partial charge in [-0.05, 0) is 35.9 Å². The van der Waals surface area contributed by atoms with Gasteiger partial charge in [0, 0.05) is 23.0 Å². The van der Waals surface area contributed by atoms with Gasteiger partial charge in [-0.3, -0.25) is 4.79 Å². The van der Waals surface area contributed by atoms with Crippen molar-refractivity contribution in [1.82, 2.24) is 5.32 Å². The summed E-state index contributed by atoms with van der Waals surface area (Å²) in [6.45, 7) is -0.0530. The fourth-order valence-corrected chi connectivity index (χ4v) is 2.08. The fourth-order valence-electron chi connectivity index (χ4n) is 1.70. The maximum absolute atomic E-state index is 13.4. The number of nitrogens with one attached hydrogen (secondary N) is 1.